The van der Waals surface area contributed by atoms with Gasteiger partial charge in [0.2, 0.25) is 11.6 Å². The molecule has 0 aliphatic heterocycles. The summed E-state index contributed by atoms with van der Waals surface area (Å²) in [5.74, 6) is 0.873. The van der Waals surface area contributed by atoms with Crippen molar-refractivity contribution in [1.29, 1.82) is 0 Å². The Balaban J connectivity index is 1.81. The van der Waals surface area contributed by atoms with E-state index >= 15 is 0 Å². The SMILES string of the molecule is COc1ccc(C(=O)OC(C)c2nnc(-c3ccccc3)o2)c(OC)c1OC. The number of carbonyl (C=O) groups is 1. The average molecular weight is 384 g/mol. The van der Waals surface area contributed by atoms with Crippen molar-refractivity contribution in [2.75, 3.05) is 21.3 Å². The van der Waals surface area contributed by atoms with Crippen molar-refractivity contribution >= 4 is 5.97 Å². The minimum atomic E-state index is -0.754. The fraction of sp³-hybridized carbons (Fsp3) is 0.250. The summed E-state index contributed by atoms with van der Waals surface area (Å²) in [7, 11) is 4.39. The average Bonchev–Trinajstić information content (AvgIpc) is 3.23. The lowest BCUT2D eigenvalue weighted by Crippen LogP contribution is -2.11. The number of carbonyl (C=O) groups excluding carboxylic acids is 1. The molecule has 146 valence electrons. The third kappa shape index (κ3) is 3.75. The van der Waals surface area contributed by atoms with Crippen LogP contribution in [0.5, 0.6) is 17.2 Å². The first-order chi connectivity index (χ1) is 13.6. The van der Waals surface area contributed by atoms with Gasteiger partial charge in [0.05, 0.1) is 21.3 Å². The Hall–Kier alpha value is -3.55. The minimum Gasteiger partial charge on any atom is -0.493 e. The van der Waals surface area contributed by atoms with Crippen molar-refractivity contribution in [3.05, 3.63) is 53.9 Å². The maximum Gasteiger partial charge on any atom is 0.342 e. The van der Waals surface area contributed by atoms with Crippen LogP contribution < -0.4 is 14.2 Å². The molecule has 0 saturated heterocycles. The Morgan fingerprint density at radius 2 is 1.64 bits per heavy atom. The Kier molecular flexibility index (Phi) is 5.78. The number of hydrogen-bond donors (Lipinski definition) is 0. The van der Waals surface area contributed by atoms with E-state index < -0.39 is 12.1 Å². The summed E-state index contributed by atoms with van der Waals surface area (Å²) in [6.07, 6.45) is -0.754. The highest BCUT2D eigenvalue weighted by Gasteiger charge is 2.25. The maximum absolute atomic E-state index is 12.7. The second kappa shape index (κ2) is 8.43. The van der Waals surface area contributed by atoms with E-state index in [2.05, 4.69) is 10.2 Å². The van der Waals surface area contributed by atoms with Crippen LogP contribution in [0.1, 0.15) is 29.3 Å². The molecule has 3 aromatic rings. The fourth-order valence-corrected chi connectivity index (χ4v) is 2.63. The molecule has 1 atom stereocenters. The number of nitrogens with zero attached hydrogens (tertiary/aromatic N) is 2. The highest BCUT2D eigenvalue weighted by molar-refractivity contribution is 5.94. The molecule has 0 fully saturated rings. The van der Waals surface area contributed by atoms with Gasteiger partial charge in [0.15, 0.2) is 17.6 Å². The molecule has 1 unspecified atom stereocenters. The summed E-state index contributed by atoms with van der Waals surface area (Å²) in [6.45, 7) is 1.65. The molecule has 2 aromatic carbocycles. The summed E-state index contributed by atoms with van der Waals surface area (Å²) in [4.78, 5) is 12.7. The molecule has 0 amide bonds. The standard InChI is InChI=1S/C20H20N2O6/c1-12(18-21-22-19(28-18)13-8-6-5-7-9-13)27-20(23)14-10-11-15(24-2)17(26-4)16(14)25-3/h5-12H,1-4H3. The molecule has 0 spiro atoms. The molecule has 0 aliphatic rings. The van der Waals surface area contributed by atoms with E-state index in [4.69, 9.17) is 23.4 Å². The largest absolute Gasteiger partial charge is 0.493 e. The monoisotopic (exact) mass is 384 g/mol. The Morgan fingerprint density at radius 3 is 2.29 bits per heavy atom. The normalized spacial score (nSPS) is 11.6. The smallest absolute Gasteiger partial charge is 0.342 e. The highest BCUT2D eigenvalue weighted by atomic mass is 16.6. The van der Waals surface area contributed by atoms with Gasteiger partial charge in [-0.15, -0.1) is 10.2 Å². The lowest BCUT2D eigenvalue weighted by molar-refractivity contribution is 0.0275. The zero-order chi connectivity index (χ0) is 20.1. The first-order valence-electron chi connectivity index (χ1n) is 8.47. The zero-order valence-corrected chi connectivity index (χ0v) is 16.0. The first kappa shape index (κ1) is 19.2. The number of methoxy groups -OCH3 is 3. The topological polar surface area (TPSA) is 92.9 Å². The van der Waals surface area contributed by atoms with E-state index in [1.807, 2.05) is 30.3 Å². The van der Waals surface area contributed by atoms with Crippen molar-refractivity contribution in [3.63, 3.8) is 0 Å². The molecule has 3 rings (SSSR count). The van der Waals surface area contributed by atoms with E-state index in [0.29, 0.717) is 17.4 Å². The van der Waals surface area contributed by atoms with Gasteiger partial charge in [-0.25, -0.2) is 4.79 Å². The molecular weight excluding hydrogens is 364 g/mol. The van der Waals surface area contributed by atoms with Crippen LogP contribution in [0.3, 0.4) is 0 Å². The van der Waals surface area contributed by atoms with Gasteiger partial charge < -0.3 is 23.4 Å². The van der Waals surface area contributed by atoms with Crippen LogP contribution in [0, 0.1) is 0 Å². The molecule has 0 N–H and O–H groups in total. The van der Waals surface area contributed by atoms with Gasteiger partial charge >= 0.3 is 5.97 Å². The number of aromatic nitrogens is 2. The first-order valence-corrected chi connectivity index (χ1v) is 8.47. The highest BCUT2D eigenvalue weighted by Crippen LogP contribution is 2.40. The Morgan fingerprint density at radius 1 is 0.929 bits per heavy atom. The molecule has 1 heterocycles. The van der Waals surface area contributed by atoms with E-state index in [-0.39, 0.29) is 17.2 Å². The van der Waals surface area contributed by atoms with Crippen LogP contribution in [0.4, 0.5) is 0 Å². The molecule has 0 bridgehead atoms. The predicted molar refractivity (Wildman–Crippen MR) is 99.7 cm³/mol. The summed E-state index contributed by atoms with van der Waals surface area (Å²) in [5.41, 5.74) is 0.969. The summed E-state index contributed by atoms with van der Waals surface area (Å²) in [6, 6.07) is 12.5. The van der Waals surface area contributed by atoms with Crippen LogP contribution in [0.15, 0.2) is 46.9 Å². The van der Waals surface area contributed by atoms with Crippen LogP contribution in [-0.4, -0.2) is 37.5 Å². The van der Waals surface area contributed by atoms with Crippen LogP contribution in [0.25, 0.3) is 11.5 Å². The fourth-order valence-electron chi connectivity index (χ4n) is 2.63. The van der Waals surface area contributed by atoms with Crippen LogP contribution in [0.2, 0.25) is 0 Å². The van der Waals surface area contributed by atoms with Crippen molar-refractivity contribution in [3.8, 4) is 28.7 Å². The number of benzene rings is 2. The lowest BCUT2D eigenvalue weighted by atomic mass is 10.1. The summed E-state index contributed by atoms with van der Waals surface area (Å²) < 4.78 is 26.9. The molecular formula is C20H20N2O6. The summed E-state index contributed by atoms with van der Waals surface area (Å²) >= 11 is 0. The zero-order valence-electron chi connectivity index (χ0n) is 16.0. The third-order valence-corrected chi connectivity index (χ3v) is 4.02. The summed E-state index contributed by atoms with van der Waals surface area (Å²) in [5, 5.41) is 7.98. The molecule has 0 saturated carbocycles. The van der Waals surface area contributed by atoms with Gasteiger partial charge in [-0.2, -0.15) is 0 Å². The van der Waals surface area contributed by atoms with E-state index in [1.165, 1.54) is 21.3 Å². The molecule has 8 heteroatoms. The minimum absolute atomic E-state index is 0.187. The molecule has 0 aliphatic carbocycles. The number of ether oxygens (including phenoxy) is 4. The predicted octanol–water partition coefficient (Wildman–Crippen LogP) is 3.68. The molecule has 0 radical (unpaired) electrons. The van der Waals surface area contributed by atoms with Gasteiger partial charge in [-0.1, -0.05) is 18.2 Å². The Bertz CT molecular complexity index is 955. The number of hydrogen-bond acceptors (Lipinski definition) is 8. The van der Waals surface area contributed by atoms with Gasteiger partial charge in [-0.3, -0.25) is 0 Å². The van der Waals surface area contributed by atoms with Crippen molar-refractivity contribution in [2.24, 2.45) is 0 Å². The van der Waals surface area contributed by atoms with Gasteiger partial charge in [0, 0.05) is 5.56 Å². The maximum atomic E-state index is 12.7. The van der Waals surface area contributed by atoms with E-state index in [9.17, 15) is 4.79 Å². The third-order valence-electron chi connectivity index (χ3n) is 4.02. The van der Waals surface area contributed by atoms with Gasteiger partial charge in [0.25, 0.3) is 5.89 Å². The molecule has 1 aromatic heterocycles. The van der Waals surface area contributed by atoms with Gasteiger partial charge in [0.1, 0.15) is 5.56 Å². The quantitative estimate of drug-likeness (QED) is 0.570. The van der Waals surface area contributed by atoms with Crippen LogP contribution >= 0.6 is 0 Å². The van der Waals surface area contributed by atoms with E-state index in [1.54, 1.807) is 19.1 Å². The van der Waals surface area contributed by atoms with E-state index in [0.717, 1.165) is 5.56 Å². The Labute approximate surface area is 162 Å². The van der Waals surface area contributed by atoms with Crippen LogP contribution in [-0.2, 0) is 4.74 Å². The van der Waals surface area contributed by atoms with Crippen molar-refractivity contribution < 1.29 is 28.2 Å². The molecule has 28 heavy (non-hydrogen) atoms. The second-order valence-electron chi connectivity index (χ2n) is 5.74. The number of esters is 1. The lowest BCUT2D eigenvalue weighted by Gasteiger charge is -2.16. The number of rotatable bonds is 7. The van der Waals surface area contributed by atoms with Gasteiger partial charge in [-0.05, 0) is 31.2 Å². The second-order valence-corrected chi connectivity index (χ2v) is 5.74. The van der Waals surface area contributed by atoms with Crippen molar-refractivity contribution in [1.82, 2.24) is 10.2 Å². The molecule has 8 nitrogen and oxygen atoms in total. The van der Waals surface area contributed by atoms with Crippen molar-refractivity contribution in [2.45, 2.75) is 13.0 Å².